The number of ether oxygens (including phenoxy) is 1. The van der Waals surface area contributed by atoms with Crippen LogP contribution < -0.4 is 0 Å². The van der Waals surface area contributed by atoms with E-state index in [1.165, 1.54) is 0 Å². The smallest absolute Gasteiger partial charge is 0.110 e. The zero-order chi connectivity index (χ0) is 9.40. The Hall–Kier alpha value is -0.120. The zero-order valence-electron chi connectivity index (χ0n) is 8.42. The third-order valence-corrected chi connectivity index (χ3v) is 1.97. The van der Waals surface area contributed by atoms with E-state index >= 15 is 0 Å². The van der Waals surface area contributed by atoms with E-state index in [0.717, 1.165) is 19.5 Å². The predicted molar refractivity (Wildman–Crippen MR) is 50.0 cm³/mol. The van der Waals surface area contributed by atoms with Crippen LogP contribution in [0, 0.1) is 0 Å². The highest BCUT2D eigenvalue weighted by Gasteiger charge is 2.12. The van der Waals surface area contributed by atoms with Crippen molar-refractivity contribution in [3.05, 3.63) is 0 Å². The minimum atomic E-state index is 0.109. The summed E-state index contributed by atoms with van der Waals surface area (Å²) in [5, 5.41) is 8.59. The summed E-state index contributed by atoms with van der Waals surface area (Å²) in [5.41, 5.74) is 0. The van der Waals surface area contributed by atoms with Crippen LogP contribution in [-0.4, -0.2) is 42.5 Å². The van der Waals surface area contributed by atoms with Gasteiger partial charge in [-0.05, 0) is 19.5 Å². The average molecular weight is 175 g/mol. The van der Waals surface area contributed by atoms with Gasteiger partial charge in [0.2, 0.25) is 0 Å². The molecule has 0 saturated carbocycles. The lowest BCUT2D eigenvalue weighted by molar-refractivity contribution is -0.0669. The number of hydrogen-bond acceptors (Lipinski definition) is 3. The molecule has 0 spiro atoms. The van der Waals surface area contributed by atoms with Crippen molar-refractivity contribution in [2.75, 3.05) is 26.3 Å². The van der Waals surface area contributed by atoms with Crippen molar-refractivity contribution in [3.8, 4) is 0 Å². The Bertz CT molecular complexity index is 94.5. The van der Waals surface area contributed by atoms with Crippen LogP contribution in [0.5, 0.6) is 0 Å². The number of hydrogen-bond donors (Lipinski definition) is 1. The first-order valence-electron chi connectivity index (χ1n) is 4.76. The van der Waals surface area contributed by atoms with Crippen molar-refractivity contribution >= 4 is 0 Å². The Morgan fingerprint density at radius 3 is 2.17 bits per heavy atom. The summed E-state index contributed by atoms with van der Waals surface area (Å²) in [5.74, 6) is 0. The molecular weight excluding hydrogens is 154 g/mol. The molecule has 0 fully saturated rings. The molecule has 0 saturated heterocycles. The predicted octanol–water partition coefficient (Wildman–Crippen LogP) is 1.07. The minimum Gasteiger partial charge on any atom is -0.394 e. The normalized spacial score (nSPS) is 13.8. The molecule has 12 heavy (non-hydrogen) atoms. The van der Waals surface area contributed by atoms with Crippen LogP contribution in [0.3, 0.4) is 0 Å². The van der Waals surface area contributed by atoms with Crippen molar-refractivity contribution in [2.45, 2.75) is 33.4 Å². The molecule has 3 heteroatoms. The van der Waals surface area contributed by atoms with E-state index in [9.17, 15) is 0 Å². The molecule has 0 aromatic carbocycles. The molecule has 1 atom stereocenters. The molecule has 0 aromatic heterocycles. The van der Waals surface area contributed by atoms with Gasteiger partial charge in [-0.15, -0.1) is 0 Å². The van der Waals surface area contributed by atoms with Gasteiger partial charge >= 0.3 is 0 Å². The van der Waals surface area contributed by atoms with Gasteiger partial charge in [-0.25, -0.2) is 0 Å². The molecule has 0 aliphatic carbocycles. The lowest BCUT2D eigenvalue weighted by atomic mass is 10.3. The quantitative estimate of drug-likeness (QED) is 0.588. The summed E-state index contributed by atoms with van der Waals surface area (Å²) in [4.78, 5) is 2.25. The SMILES string of the molecule is CCC(OCCO)N(CC)CC. The van der Waals surface area contributed by atoms with E-state index in [4.69, 9.17) is 9.84 Å². The van der Waals surface area contributed by atoms with Crippen molar-refractivity contribution in [1.29, 1.82) is 0 Å². The maximum Gasteiger partial charge on any atom is 0.110 e. The van der Waals surface area contributed by atoms with Gasteiger partial charge in [0.15, 0.2) is 0 Å². The maximum atomic E-state index is 8.59. The fourth-order valence-corrected chi connectivity index (χ4v) is 1.30. The first kappa shape index (κ1) is 11.9. The molecule has 0 radical (unpaired) electrons. The van der Waals surface area contributed by atoms with Crippen LogP contribution >= 0.6 is 0 Å². The molecule has 0 rings (SSSR count). The summed E-state index contributed by atoms with van der Waals surface area (Å²) >= 11 is 0. The summed E-state index contributed by atoms with van der Waals surface area (Å²) in [6, 6.07) is 0. The number of rotatable bonds is 7. The van der Waals surface area contributed by atoms with Crippen molar-refractivity contribution < 1.29 is 9.84 Å². The molecule has 1 N–H and O–H groups in total. The van der Waals surface area contributed by atoms with Crippen LogP contribution in [0.1, 0.15) is 27.2 Å². The van der Waals surface area contributed by atoms with Crippen molar-refractivity contribution in [1.82, 2.24) is 4.90 Å². The van der Waals surface area contributed by atoms with E-state index in [2.05, 4.69) is 25.7 Å². The second-order valence-electron chi connectivity index (χ2n) is 2.68. The van der Waals surface area contributed by atoms with Gasteiger partial charge in [-0.1, -0.05) is 20.8 Å². The first-order valence-corrected chi connectivity index (χ1v) is 4.76. The molecule has 0 bridgehead atoms. The standard InChI is InChI=1S/C9H21NO2/c1-4-9(12-8-7-11)10(5-2)6-3/h9,11H,4-8H2,1-3H3. The Kier molecular flexibility index (Phi) is 7.45. The molecular formula is C9H21NO2. The lowest BCUT2D eigenvalue weighted by Gasteiger charge is -2.28. The molecule has 1 unspecified atom stereocenters. The highest BCUT2D eigenvalue weighted by atomic mass is 16.5. The number of nitrogens with zero attached hydrogens (tertiary/aromatic N) is 1. The van der Waals surface area contributed by atoms with Gasteiger partial charge in [-0.3, -0.25) is 4.90 Å². The van der Waals surface area contributed by atoms with E-state index in [0.29, 0.717) is 6.61 Å². The molecule has 0 aliphatic rings. The number of aliphatic hydroxyl groups is 1. The minimum absolute atomic E-state index is 0.109. The van der Waals surface area contributed by atoms with Crippen molar-refractivity contribution in [2.24, 2.45) is 0 Å². The van der Waals surface area contributed by atoms with Crippen LogP contribution in [-0.2, 0) is 4.74 Å². The monoisotopic (exact) mass is 175 g/mol. The summed E-state index contributed by atoms with van der Waals surface area (Å²) < 4.78 is 5.46. The van der Waals surface area contributed by atoms with Crippen LogP contribution in [0.25, 0.3) is 0 Å². The van der Waals surface area contributed by atoms with Crippen molar-refractivity contribution in [3.63, 3.8) is 0 Å². The Labute approximate surface area is 75.3 Å². The topological polar surface area (TPSA) is 32.7 Å². The summed E-state index contributed by atoms with van der Waals surface area (Å²) in [7, 11) is 0. The zero-order valence-corrected chi connectivity index (χ0v) is 8.42. The molecule has 74 valence electrons. The summed E-state index contributed by atoms with van der Waals surface area (Å²) in [6.45, 7) is 8.89. The maximum absolute atomic E-state index is 8.59. The molecule has 0 aromatic rings. The summed E-state index contributed by atoms with van der Waals surface area (Å²) in [6.07, 6.45) is 1.15. The fourth-order valence-electron chi connectivity index (χ4n) is 1.30. The van der Waals surface area contributed by atoms with Gasteiger partial charge in [0.05, 0.1) is 13.2 Å². The third kappa shape index (κ3) is 4.04. The second kappa shape index (κ2) is 7.53. The first-order chi connectivity index (χ1) is 5.79. The van der Waals surface area contributed by atoms with Gasteiger partial charge in [-0.2, -0.15) is 0 Å². The van der Waals surface area contributed by atoms with Gasteiger partial charge in [0.25, 0.3) is 0 Å². The van der Waals surface area contributed by atoms with Crippen LogP contribution in [0.2, 0.25) is 0 Å². The lowest BCUT2D eigenvalue weighted by Crippen LogP contribution is -2.37. The van der Waals surface area contributed by atoms with Crippen LogP contribution in [0.4, 0.5) is 0 Å². The average Bonchev–Trinajstić information content (AvgIpc) is 2.12. The third-order valence-electron chi connectivity index (χ3n) is 1.97. The molecule has 0 amide bonds. The largest absolute Gasteiger partial charge is 0.394 e. The Balaban J connectivity index is 3.75. The van der Waals surface area contributed by atoms with E-state index in [1.807, 2.05) is 0 Å². The highest BCUT2D eigenvalue weighted by Crippen LogP contribution is 2.04. The van der Waals surface area contributed by atoms with Gasteiger partial charge in [0.1, 0.15) is 6.23 Å². The molecule has 0 aliphatic heterocycles. The van der Waals surface area contributed by atoms with Gasteiger partial charge < -0.3 is 9.84 Å². The van der Waals surface area contributed by atoms with Gasteiger partial charge in [0, 0.05) is 0 Å². The molecule has 0 heterocycles. The van der Waals surface area contributed by atoms with E-state index in [-0.39, 0.29) is 12.8 Å². The van der Waals surface area contributed by atoms with E-state index < -0.39 is 0 Å². The van der Waals surface area contributed by atoms with E-state index in [1.54, 1.807) is 0 Å². The Morgan fingerprint density at radius 1 is 1.25 bits per heavy atom. The molecule has 3 nitrogen and oxygen atoms in total. The van der Waals surface area contributed by atoms with Crippen LogP contribution in [0.15, 0.2) is 0 Å². The highest BCUT2D eigenvalue weighted by molar-refractivity contribution is 4.57. The fraction of sp³-hybridized carbons (Fsp3) is 1.00. The number of aliphatic hydroxyl groups excluding tert-OH is 1. The Morgan fingerprint density at radius 2 is 1.83 bits per heavy atom. The second-order valence-corrected chi connectivity index (χ2v) is 2.68.